The lowest BCUT2D eigenvalue weighted by Gasteiger charge is -2.28. The Labute approximate surface area is 146 Å². The van der Waals surface area contributed by atoms with Gasteiger partial charge in [0.2, 0.25) is 0 Å². The highest BCUT2D eigenvalue weighted by Gasteiger charge is 2.37. The number of thioether (sulfide) groups is 1. The lowest BCUT2D eigenvalue weighted by atomic mass is 9.85. The molecule has 0 amide bonds. The lowest BCUT2D eigenvalue weighted by molar-refractivity contribution is -0.122. The van der Waals surface area contributed by atoms with Gasteiger partial charge in [-0.05, 0) is 36.2 Å². The molecule has 1 heterocycles. The standard InChI is InChI=1S/C20H19NO2S/c1-23-14-11-9-13(10-12-14)20-19-16(6-4-7-17(19)22)21-15-5-2-3-8-18(15)24-20/h2-3,5-6,8-12,19-21H,4,7H2,1H3/t19-,20-/m0/s1. The van der Waals surface area contributed by atoms with E-state index >= 15 is 0 Å². The van der Waals surface area contributed by atoms with Crippen LogP contribution in [0.1, 0.15) is 23.7 Å². The zero-order valence-corrected chi connectivity index (χ0v) is 14.3. The van der Waals surface area contributed by atoms with Gasteiger partial charge in [-0.25, -0.2) is 0 Å². The maximum atomic E-state index is 12.7. The molecule has 0 aromatic heterocycles. The molecule has 0 radical (unpaired) electrons. The van der Waals surface area contributed by atoms with Crippen molar-refractivity contribution in [1.82, 2.24) is 0 Å². The van der Waals surface area contributed by atoms with Gasteiger partial charge in [0, 0.05) is 22.3 Å². The van der Waals surface area contributed by atoms with E-state index in [-0.39, 0.29) is 11.2 Å². The molecule has 0 fully saturated rings. The Morgan fingerprint density at radius 1 is 1.12 bits per heavy atom. The van der Waals surface area contributed by atoms with Crippen molar-refractivity contribution in [3.63, 3.8) is 0 Å². The monoisotopic (exact) mass is 337 g/mol. The van der Waals surface area contributed by atoms with Crippen molar-refractivity contribution in [2.75, 3.05) is 12.4 Å². The smallest absolute Gasteiger partial charge is 0.143 e. The van der Waals surface area contributed by atoms with E-state index in [0.29, 0.717) is 12.2 Å². The van der Waals surface area contributed by atoms with Gasteiger partial charge in [0.05, 0.1) is 18.7 Å². The number of fused-ring (bicyclic) bond motifs is 2. The number of rotatable bonds is 2. The van der Waals surface area contributed by atoms with Crippen LogP contribution < -0.4 is 10.1 Å². The van der Waals surface area contributed by atoms with Crippen LogP contribution in [0, 0.1) is 5.92 Å². The number of allylic oxidation sites excluding steroid dienone is 2. The molecule has 2 aliphatic rings. The third-order valence-corrected chi connectivity index (χ3v) is 6.01. The number of para-hydroxylation sites is 1. The highest BCUT2D eigenvalue weighted by atomic mass is 32.2. The van der Waals surface area contributed by atoms with Crippen molar-refractivity contribution >= 4 is 23.2 Å². The van der Waals surface area contributed by atoms with Crippen molar-refractivity contribution in [2.24, 2.45) is 5.92 Å². The largest absolute Gasteiger partial charge is 0.497 e. The van der Waals surface area contributed by atoms with Crippen molar-refractivity contribution in [2.45, 2.75) is 23.0 Å². The number of ketones is 1. The van der Waals surface area contributed by atoms with E-state index in [9.17, 15) is 4.79 Å². The maximum absolute atomic E-state index is 12.7. The first-order valence-electron chi connectivity index (χ1n) is 8.15. The van der Waals surface area contributed by atoms with E-state index in [1.54, 1.807) is 18.9 Å². The molecule has 2 aromatic carbocycles. The second-order valence-corrected chi connectivity index (χ2v) is 7.26. The number of methoxy groups -OCH3 is 1. The molecule has 0 saturated carbocycles. The van der Waals surface area contributed by atoms with E-state index in [1.165, 1.54) is 4.90 Å². The van der Waals surface area contributed by atoms with Gasteiger partial charge in [0.1, 0.15) is 11.5 Å². The molecule has 1 aliphatic heterocycles. The summed E-state index contributed by atoms with van der Waals surface area (Å²) in [5, 5.41) is 3.58. The summed E-state index contributed by atoms with van der Waals surface area (Å²) in [6, 6.07) is 16.4. The first-order chi connectivity index (χ1) is 11.8. The molecule has 2 aromatic rings. The van der Waals surface area contributed by atoms with Crippen LogP contribution >= 0.6 is 11.8 Å². The molecule has 1 aliphatic carbocycles. The predicted octanol–water partition coefficient (Wildman–Crippen LogP) is 4.82. The van der Waals surface area contributed by atoms with Crippen molar-refractivity contribution in [3.8, 4) is 5.75 Å². The number of ether oxygens (including phenoxy) is 1. The molecule has 24 heavy (non-hydrogen) atoms. The van der Waals surface area contributed by atoms with E-state index in [0.717, 1.165) is 29.1 Å². The normalized spacial score (nSPS) is 22.5. The second-order valence-electron chi connectivity index (χ2n) is 6.07. The van der Waals surface area contributed by atoms with E-state index in [1.807, 2.05) is 24.3 Å². The molecule has 4 heteroatoms. The Bertz CT molecular complexity index is 798. The third-order valence-electron chi connectivity index (χ3n) is 4.60. The van der Waals surface area contributed by atoms with Crippen LogP contribution in [-0.4, -0.2) is 12.9 Å². The van der Waals surface area contributed by atoms with Crippen LogP contribution in [0.15, 0.2) is 65.2 Å². The molecule has 4 rings (SSSR count). The Balaban J connectivity index is 1.80. The second kappa shape index (κ2) is 6.36. The summed E-state index contributed by atoms with van der Waals surface area (Å²) in [4.78, 5) is 13.9. The summed E-state index contributed by atoms with van der Waals surface area (Å²) in [5.74, 6) is 1.03. The van der Waals surface area contributed by atoms with Crippen LogP contribution in [0.4, 0.5) is 5.69 Å². The SMILES string of the molecule is COc1ccc([C@@H]2Sc3ccccc3NC3=CCCC(=O)[C@H]32)cc1. The fourth-order valence-corrected chi connectivity index (χ4v) is 4.78. The average Bonchev–Trinajstić information content (AvgIpc) is 2.79. The van der Waals surface area contributed by atoms with Crippen molar-refractivity contribution < 1.29 is 9.53 Å². The van der Waals surface area contributed by atoms with Gasteiger partial charge in [0.15, 0.2) is 0 Å². The summed E-state index contributed by atoms with van der Waals surface area (Å²) in [5.41, 5.74) is 3.29. The molecule has 3 nitrogen and oxygen atoms in total. The summed E-state index contributed by atoms with van der Waals surface area (Å²) < 4.78 is 5.27. The topological polar surface area (TPSA) is 38.3 Å². The highest BCUT2D eigenvalue weighted by molar-refractivity contribution is 7.99. The number of anilines is 1. The van der Waals surface area contributed by atoms with Crippen molar-refractivity contribution in [3.05, 3.63) is 65.9 Å². The quantitative estimate of drug-likeness (QED) is 0.853. The van der Waals surface area contributed by atoms with Crippen LogP contribution in [0.25, 0.3) is 0 Å². The maximum Gasteiger partial charge on any atom is 0.143 e. The van der Waals surface area contributed by atoms with Gasteiger partial charge in [-0.15, -0.1) is 11.8 Å². The first kappa shape index (κ1) is 15.3. The average molecular weight is 337 g/mol. The zero-order valence-electron chi connectivity index (χ0n) is 13.5. The van der Waals surface area contributed by atoms with Crippen molar-refractivity contribution in [1.29, 1.82) is 0 Å². The molecule has 0 bridgehead atoms. The van der Waals surface area contributed by atoms with Gasteiger partial charge < -0.3 is 10.1 Å². The van der Waals surface area contributed by atoms with E-state index < -0.39 is 0 Å². The van der Waals surface area contributed by atoms with E-state index in [2.05, 4.69) is 35.7 Å². The minimum absolute atomic E-state index is 0.0751. The molecule has 2 atom stereocenters. The molecular weight excluding hydrogens is 318 g/mol. The number of Topliss-reactive ketones (excluding diaryl/α,β-unsaturated/α-hetero) is 1. The minimum atomic E-state index is -0.121. The Morgan fingerprint density at radius 2 is 1.92 bits per heavy atom. The van der Waals surface area contributed by atoms with Gasteiger partial charge in [-0.2, -0.15) is 0 Å². The lowest BCUT2D eigenvalue weighted by Crippen LogP contribution is -2.27. The molecule has 0 spiro atoms. The van der Waals surface area contributed by atoms with Gasteiger partial charge >= 0.3 is 0 Å². The molecule has 122 valence electrons. The van der Waals surface area contributed by atoms with Crippen LogP contribution in [0.2, 0.25) is 0 Å². The zero-order chi connectivity index (χ0) is 16.5. The predicted molar refractivity (Wildman–Crippen MR) is 97.5 cm³/mol. The Kier molecular flexibility index (Phi) is 4.07. The third kappa shape index (κ3) is 2.71. The number of hydrogen-bond donors (Lipinski definition) is 1. The summed E-state index contributed by atoms with van der Waals surface area (Å²) in [6.07, 6.45) is 3.63. The summed E-state index contributed by atoms with van der Waals surface area (Å²) in [7, 11) is 1.67. The number of carbonyl (C=O) groups is 1. The molecule has 0 unspecified atom stereocenters. The fourth-order valence-electron chi connectivity index (χ4n) is 3.37. The Morgan fingerprint density at radius 3 is 2.71 bits per heavy atom. The van der Waals surface area contributed by atoms with Gasteiger partial charge in [0.25, 0.3) is 0 Å². The van der Waals surface area contributed by atoms with Crippen LogP contribution in [-0.2, 0) is 4.79 Å². The number of hydrogen-bond acceptors (Lipinski definition) is 4. The van der Waals surface area contributed by atoms with Crippen LogP contribution in [0.5, 0.6) is 5.75 Å². The van der Waals surface area contributed by atoms with Crippen LogP contribution in [0.3, 0.4) is 0 Å². The van der Waals surface area contributed by atoms with Gasteiger partial charge in [-0.1, -0.05) is 30.3 Å². The van der Waals surface area contributed by atoms with E-state index in [4.69, 9.17) is 4.74 Å². The summed E-state index contributed by atoms with van der Waals surface area (Å²) >= 11 is 1.77. The highest BCUT2D eigenvalue weighted by Crippen LogP contribution is 2.50. The first-order valence-corrected chi connectivity index (χ1v) is 9.03. The fraction of sp³-hybridized carbons (Fsp3) is 0.250. The number of carbonyl (C=O) groups excluding carboxylic acids is 1. The molecular formula is C20H19NO2S. The summed E-state index contributed by atoms with van der Waals surface area (Å²) in [6.45, 7) is 0. The number of benzene rings is 2. The number of nitrogens with one attached hydrogen (secondary N) is 1. The Hall–Kier alpha value is -2.20. The molecule has 1 N–H and O–H groups in total. The minimum Gasteiger partial charge on any atom is -0.497 e. The molecule has 0 saturated heterocycles. The van der Waals surface area contributed by atoms with Gasteiger partial charge in [-0.3, -0.25) is 4.79 Å².